The van der Waals surface area contributed by atoms with Crippen LogP contribution >= 0.6 is 0 Å². The lowest BCUT2D eigenvalue weighted by atomic mass is 10.2. The monoisotopic (exact) mass is 468 g/mol. The van der Waals surface area contributed by atoms with Crippen LogP contribution in [0.25, 0.3) is 0 Å². The van der Waals surface area contributed by atoms with Crippen molar-refractivity contribution < 1.29 is 13.6 Å². The average Bonchev–Trinajstić information content (AvgIpc) is 3.17. The third kappa shape index (κ3) is 4.96. The molecule has 1 aliphatic rings. The zero-order valence-electron chi connectivity index (χ0n) is 21.0. The van der Waals surface area contributed by atoms with Crippen molar-refractivity contribution in [2.24, 2.45) is 0 Å². The normalized spacial score (nSPS) is 19.8. The van der Waals surface area contributed by atoms with E-state index in [1.54, 1.807) is 6.26 Å². The summed E-state index contributed by atoms with van der Waals surface area (Å²) in [6.45, 7) is 18.8. The fraction of sp³-hybridized carbons (Fsp3) is 0.481. The molecule has 0 radical (unpaired) electrons. The van der Waals surface area contributed by atoms with Crippen molar-refractivity contribution in [2.45, 2.75) is 76.9 Å². The Hall–Kier alpha value is -1.67. The highest BCUT2D eigenvalue weighted by atomic mass is 28.4. The third-order valence-corrected chi connectivity index (χ3v) is 16.6. The Balaban J connectivity index is 1.97. The maximum atomic E-state index is 7.26. The topological polar surface area (TPSA) is 27.7 Å². The third-order valence-electron chi connectivity index (χ3n) is 7.03. The van der Waals surface area contributed by atoms with Crippen LogP contribution < -0.4 is 10.4 Å². The van der Waals surface area contributed by atoms with Crippen LogP contribution in [-0.2, 0) is 13.6 Å². The van der Waals surface area contributed by atoms with E-state index in [1.165, 1.54) is 10.4 Å². The summed E-state index contributed by atoms with van der Waals surface area (Å²) in [6.07, 6.45) is 3.58. The van der Waals surface area contributed by atoms with Crippen LogP contribution in [0.4, 0.5) is 0 Å². The van der Waals surface area contributed by atoms with E-state index in [1.807, 2.05) is 0 Å². The van der Waals surface area contributed by atoms with Crippen LogP contribution in [0.2, 0.25) is 23.2 Å². The number of benzene rings is 2. The maximum absolute atomic E-state index is 7.26. The molecule has 0 fully saturated rings. The number of hydrogen-bond donors (Lipinski definition) is 0. The molecule has 0 aromatic heterocycles. The average molecular weight is 469 g/mol. The van der Waals surface area contributed by atoms with E-state index in [0.29, 0.717) is 6.61 Å². The molecular formula is C27H40O3Si2. The molecule has 0 N–H and O–H groups in total. The molecule has 1 heterocycles. The zero-order chi connectivity index (χ0) is 23.6. The largest absolute Gasteiger partial charge is 0.493 e. The lowest BCUT2D eigenvalue weighted by Gasteiger charge is -2.45. The highest BCUT2D eigenvalue weighted by Gasteiger charge is 2.52. The van der Waals surface area contributed by atoms with E-state index in [2.05, 4.69) is 121 Å². The van der Waals surface area contributed by atoms with E-state index < -0.39 is 16.6 Å². The second kappa shape index (κ2) is 9.30. The lowest BCUT2D eigenvalue weighted by Crippen LogP contribution is -2.68. The molecule has 174 valence electrons. The molecule has 0 amide bonds. The van der Waals surface area contributed by atoms with Gasteiger partial charge in [-0.2, -0.15) is 0 Å². The smallest absolute Gasteiger partial charge is 0.262 e. The van der Waals surface area contributed by atoms with Crippen molar-refractivity contribution in [2.75, 3.05) is 6.61 Å². The molecule has 5 heteroatoms. The molecule has 0 saturated carbocycles. The predicted molar refractivity (Wildman–Crippen MR) is 140 cm³/mol. The summed E-state index contributed by atoms with van der Waals surface area (Å²) in [5.74, 6) is 0. The number of ether oxygens (including phenoxy) is 1. The summed E-state index contributed by atoms with van der Waals surface area (Å²) in [5, 5.41) is 2.65. The Kier molecular flexibility index (Phi) is 7.25. The summed E-state index contributed by atoms with van der Waals surface area (Å²) in [7, 11) is -4.52. The van der Waals surface area contributed by atoms with Gasteiger partial charge in [0, 0.05) is 0 Å². The van der Waals surface area contributed by atoms with E-state index >= 15 is 0 Å². The highest BCUT2D eigenvalue weighted by Crippen LogP contribution is 2.40. The molecule has 3 rings (SSSR count). The standard InChI is InChI=1S/C27H40O3Si2/c1-26(2,3)31(7,8)29-21-25-24(19-20-28-25)30-32(27(4,5)6,22-15-11-9-12-16-22)23-17-13-10-14-18-23/h9-20,24-25H,21H2,1-8H3/t24-,25+/m0/s1. The van der Waals surface area contributed by atoms with Crippen molar-refractivity contribution >= 4 is 27.0 Å². The summed E-state index contributed by atoms with van der Waals surface area (Å²) >= 11 is 0. The fourth-order valence-corrected chi connectivity index (χ4v) is 9.74. The molecule has 2 atom stereocenters. The second-order valence-electron chi connectivity index (χ2n) is 11.3. The minimum absolute atomic E-state index is 0.0724. The van der Waals surface area contributed by atoms with Crippen molar-refractivity contribution in [3.8, 4) is 0 Å². The first-order chi connectivity index (χ1) is 14.9. The van der Waals surface area contributed by atoms with E-state index in [-0.39, 0.29) is 22.3 Å². The van der Waals surface area contributed by atoms with Crippen LogP contribution in [0.1, 0.15) is 41.5 Å². The Labute approximate surface area is 197 Å². The maximum Gasteiger partial charge on any atom is 0.262 e. The van der Waals surface area contributed by atoms with Gasteiger partial charge in [0.2, 0.25) is 0 Å². The molecule has 0 spiro atoms. The van der Waals surface area contributed by atoms with Crippen LogP contribution in [0, 0.1) is 0 Å². The van der Waals surface area contributed by atoms with Gasteiger partial charge in [0.25, 0.3) is 8.32 Å². The Morgan fingerprint density at radius 3 is 1.72 bits per heavy atom. The number of rotatable bonds is 7. The Morgan fingerprint density at radius 2 is 1.28 bits per heavy atom. The van der Waals surface area contributed by atoms with Gasteiger partial charge < -0.3 is 13.6 Å². The van der Waals surface area contributed by atoms with Gasteiger partial charge in [-0.15, -0.1) is 0 Å². The zero-order valence-corrected chi connectivity index (χ0v) is 23.0. The SMILES string of the molecule is CC(C)(C)[Si](C)(C)OC[C@H]1OC=C[C@@H]1O[Si](c1ccccc1)(c1ccccc1)C(C)(C)C. The van der Waals surface area contributed by atoms with Crippen LogP contribution in [0.3, 0.4) is 0 Å². The predicted octanol–water partition coefficient (Wildman–Crippen LogP) is 5.87. The van der Waals surface area contributed by atoms with Crippen molar-refractivity contribution in [1.82, 2.24) is 0 Å². The van der Waals surface area contributed by atoms with Gasteiger partial charge in [-0.25, -0.2) is 0 Å². The van der Waals surface area contributed by atoms with Gasteiger partial charge in [0.05, 0.1) is 12.9 Å². The first kappa shape index (κ1) is 25.0. The fourth-order valence-electron chi connectivity index (χ4n) is 4.08. The van der Waals surface area contributed by atoms with Crippen LogP contribution in [0.5, 0.6) is 0 Å². The van der Waals surface area contributed by atoms with Gasteiger partial charge >= 0.3 is 0 Å². The van der Waals surface area contributed by atoms with Crippen molar-refractivity contribution in [3.63, 3.8) is 0 Å². The summed E-state index contributed by atoms with van der Waals surface area (Å²) < 4.78 is 19.8. The van der Waals surface area contributed by atoms with Crippen LogP contribution in [-0.4, -0.2) is 35.4 Å². The molecule has 3 nitrogen and oxygen atoms in total. The quantitative estimate of drug-likeness (QED) is 0.476. The van der Waals surface area contributed by atoms with E-state index in [9.17, 15) is 0 Å². The lowest BCUT2D eigenvalue weighted by molar-refractivity contribution is 0.0318. The van der Waals surface area contributed by atoms with E-state index in [0.717, 1.165) is 0 Å². The Bertz CT molecular complexity index is 856. The minimum atomic E-state index is -2.64. The first-order valence-electron chi connectivity index (χ1n) is 11.6. The summed E-state index contributed by atoms with van der Waals surface area (Å²) in [5.41, 5.74) is 0. The van der Waals surface area contributed by atoms with Gasteiger partial charge in [0.15, 0.2) is 8.32 Å². The van der Waals surface area contributed by atoms with E-state index in [4.69, 9.17) is 13.6 Å². The summed E-state index contributed by atoms with van der Waals surface area (Å²) in [6, 6.07) is 21.5. The minimum Gasteiger partial charge on any atom is -0.493 e. The highest BCUT2D eigenvalue weighted by molar-refractivity contribution is 6.99. The number of hydrogen-bond acceptors (Lipinski definition) is 3. The van der Waals surface area contributed by atoms with Gasteiger partial charge in [0.1, 0.15) is 12.2 Å². The molecule has 0 aliphatic carbocycles. The molecule has 0 unspecified atom stereocenters. The van der Waals surface area contributed by atoms with Crippen LogP contribution in [0.15, 0.2) is 73.0 Å². The molecule has 32 heavy (non-hydrogen) atoms. The summed E-state index contributed by atoms with van der Waals surface area (Å²) in [4.78, 5) is 0. The molecule has 2 aromatic carbocycles. The molecule has 2 aromatic rings. The molecule has 0 bridgehead atoms. The first-order valence-corrected chi connectivity index (χ1v) is 16.5. The Morgan fingerprint density at radius 1 is 0.781 bits per heavy atom. The van der Waals surface area contributed by atoms with Gasteiger partial charge in [-0.1, -0.05) is 102 Å². The van der Waals surface area contributed by atoms with Gasteiger partial charge in [-0.3, -0.25) is 0 Å². The van der Waals surface area contributed by atoms with Crippen molar-refractivity contribution in [3.05, 3.63) is 73.0 Å². The van der Waals surface area contributed by atoms with Gasteiger partial charge in [-0.05, 0) is 39.6 Å². The molecule has 1 aliphatic heterocycles. The van der Waals surface area contributed by atoms with Crippen molar-refractivity contribution in [1.29, 1.82) is 0 Å². The second-order valence-corrected chi connectivity index (χ2v) is 20.4. The molecular weight excluding hydrogens is 428 g/mol. The molecule has 0 saturated heterocycles.